The Kier molecular flexibility index (Phi) is 5.77. The number of hydrogen-bond acceptors (Lipinski definition) is 3. The van der Waals surface area contributed by atoms with E-state index in [-0.39, 0.29) is 16.4 Å². The summed E-state index contributed by atoms with van der Waals surface area (Å²) < 4.78 is 6.84. The Hall–Kier alpha value is -3.63. The molecule has 3 aromatic carbocycles. The molecule has 0 fully saturated rings. The van der Waals surface area contributed by atoms with Gasteiger partial charge in [-0.2, -0.15) is 0 Å². The lowest BCUT2D eigenvalue weighted by Gasteiger charge is -2.15. The number of para-hydroxylation sites is 1. The van der Waals surface area contributed by atoms with Crippen LogP contribution in [0.2, 0.25) is 5.15 Å². The van der Waals surface area contributed by atoms with Gasteiger partial charge in [-0.25, -0.2) is 4.98 Å². The average molecular weight is 415 g/mol. The molecule has 0 unspecified atom stereocenters. The maximum absolute atomic E-state index is 13.4. The van der Waals surface area contributed by atoms with Gasteiger partial charge in [0.15, 0.2) is 5.15 Å². The smallest absolute Gasteiger partial charge is 0.281 e. The van der Waals surface area contributed by atoms with Crippen molar-refractivity contribution in [1.82, 2.24) is 9.55 Å². The summed E-state index contributed by atoms with van der Waals surface area (Å²) >= 11 is 6.61. The number of halogens is 1. The van der Waals surface area contributed by atoms with E-state index in [4.69, 9.17) is 16.3 Å². The topological polar surface area (TPSA) is 44.1 Å². The first-order valence-corrected chi connectivity index (χ1v) is 9.80. The van der Waals surface area contributed by atoms with Crippen molar-refractivity contribution in [2.24, 2.45) is 0 Å². The van der Waals surface area contributed by atoms with Crippen LogP contribution in [0.5, 0.6) is 5.75 Å². The van der Waals surface area contributed by atoms with E-state index in [9.17, 15) is 4.79 Å². The zero-order valence-electron chi connectivity index (χ0n) is 16.3. The fourth-order valence-corrected chi connectivity index (χ4v) is 3.47. The Labute approximate surface area is 179 Å². The lowest BCUT2D eigenvalue weighted by molar-refractivity contribution is 0.415. The highest BCUT2D eigenvalue weighted by Gasteiger charge is 2.17. The Bertz CT molecular complexity index is 1230. The molecule has 0 bridgehead atoms. The van der Waals surface area contributed by atoms with Crippen LogP contribution in [0.1, 0.15) is 11.3 Å². The first kappa shape index (κ1) is 19.7. The fourth-order valence-electron chi connectivity index (χ4n) is 3.18. The van der Waals surface area contributed by atoms with Crippen LogP contribution < -0.4 is 10.3 Å². The summed E-state index contributed by atoms with van der Waals surface area (Å²) in [5.74, 6) is 0.721. The molecule has 30 heavy (non-hydrogen) atoms. The van der Waals surface area contributed by atoms with E-state index >= 15 is 0 Å². The van der Waals surface area contributed by atoms with Crippen LogP contribution in [0.15, 0.2) is 89.7 Å². The van der Waals surface area contributed by atoms with Crippen molar-refractivity contribution in [2.75, 3.05) is 7.11 Å². The predicted molar refractivity (Wildman–Crippen MR) is 122 cm³/mol. The number of hydrogen-bond donors (Lipinski definition) is 0. The van der Waals surface area contributed by atoms with Crippen LogP contribution in [0.4, 0.5) is 0 Å². The molecule has 4 rings (SSSR count). The number of methoxy groups -OCH3 is 1. The Morgan fingerprint density at radius 3 is 2.13 bits per heavy atom. The molecule has 1 heterocycles. The van der Waals surface area contributed by atoms with Crippen LogP contribution in [0, 0.1) is 0 Å². The number of nitrogens with zero attached hydrogens (tertiary/aromatic N) is 2. The summed E-state index contributed by atoms with van der Waals surface area (Å²) in [7, 11) is 1.61. The van der Waals surface area contributed by atoms with Crippen molar-refractivity contribution in [1.29, 1.82) is 0 Å². The third-order valence-corrected chi connectivity index (χ3v) is 4.93. The second-order valence-electron chi connectivity index (χ2n) is 6.59. The minimum absolute atomic E-state index is 0.247. The molecular weight excluding hydrogens is 396 g/mol. The largest absolute Gasteiger partial charge is 0.497 e. The number of aromatic nitrogens is 2. The zero-order valence-corrected chi connectivity index (χ0v) is 17.1. The van der Waals surface area contributed by atoms with Crippen molar-refractivity contribution in [3.63, 3.8) is 0 Å². The first-order valence-electron chi connectivity index (χ1n) is 9.43. The molecule has 5 heteroatoms. The molecular formula is C25H19ClN2O2. The number of benzene rings is 3. The Balaban J connectivity index is 1.91. The predicted octanol–water partition coefficient (Wildman–Crippen LogP) is 5.73. The van der Waals surface area contributed by atoms with Gasteiger partial charge in [0.25, 0.3) is 5.56 Å². The van der Waals surface area contributed by atoms with E-state index in [2.05, 4.69) is 4.98 Å². The normalized spacial score (nSPS) is 11.0. The molecule has 0 amide bonds. The minimum Gasteiger partial charge on any atom is -0.497 e. The highest BCUT2D eigenvalue weighted by Crippen LogP contribution is 2.29. The van der Waals surface area contributed by atoms with Gasteiger partial charge in [-0.3, -0.25) is 9.36 Å². The molecule has 0 aliphatic carbocycles. The molecule has 4 nitrogen and oxygen atoms in total. The second-order valence-corrected chi connectivity index (χ2v) is 6.94. The lowest BCUT2D eigenvalue weighted by Crippen LogP contribution is -2.24. The van der Waals surface area contributed by atoms with Gasteiger partial charge in [0, 0.05) is 11.3 Å². The van der Waals surface area contributed by atoms with Gasteiger partial charge < -0.3 is 4.74 Å². The van der Waals surface area contributed by atoms with Crippen LogP contribution in [-0.2, 0) is 0 Å². The molecule has 4 aromatic rings. The van der Waals surface area contributed by atoms with Crippen molar-refractivity contribution >= 4 is 23.8 Å². The van der Waals surface area contributed by atoms with E-state index in [1.165, 1.54) is 0 Å². The van der Waals surface area contributed by atoms with Crippen molar-refractivity contribution in [3.8, 4) is 22.7 Å². The summed E-state index contributed by atoms with van der Waals surface area (Å²) in [4.78, 5) is 17.8. The van der Waals surface area contributed by atoms with E-state index in [0.717, 1.165) is 16.9 Å². The van der Waals surface area contributed by atoms with Gasteiger partial charge >= 0.3 is 0 Å². The Morgan fingerprint density at radius 2 is 1.50 bits per heavy atom. The number of ether oxygens (including phenoxy) is 1. The van der Waals surface area contributed by atoms with Crippen LogP contribution in [0.3, 0.4) is 0 Å². The molecule has 1 aromatic heterocycles. The summed E-state index contributed by atoms with van der Waals surface area (Å²) in [5.41, 5.74) is 3.01. The molecule has 0 saturated heterocycles. The van der Waals surface area contributed by atoms with Gasteiger partial charge in [0.2, 0.25) is 0 Å². The summed E-state index contributed by atoms with van der Waals surface area (Å²) in [6.07, 6.45) is 3.54. The summed E-state index contributed by atoms with van der Waals surface area (Å²) in [5, 5.41) is 0.247. The maximum Gasteiger partial charge on any atom is 0.281 e. The first-order chi connectivity index (χ1) is 14.7. The molecule has 0 saturated carbocycles. The molecule has 0 atom stereocenters. The highest BCUT2D eigenvalue weighted by atomic mass is 35.5. The standard InChI is InChI=1S/C25H19ClN2O2/c1-30-21-15-13-19(14-16-21)23-24(26)27-22(17-12-18-8-4-2-5-9-18)25(29)28(23)20-10-6-3-7-11-20/h2-17H,1H3. The molecule has 0 radical (unpaired) electrons. The van der Waals surface area contributed by atoms with E-state index in [0.29, 0.717) is 11.4 Å². The highest BCUT2D eigenvalue weighted by molar-refractivity contribution is 6.32. The molecule has 0 spiro atoms. The van der Waals surface area contributed by atoms with Crippen LogP contribution >= 0.6 is 11.6 Å². The van der Waals surface area contributed by atoms with Gasteiger partial charge in [-0.15, -0.1) is 0 Å². The van der Waals surface area contributed by atoms with Gasteiger partial charge in [-0.05, 0) is 48.0 Å². The van der Waals surface area contributed by atoms with Gasteiger partial charge in [0.05, 0.1) is 12.8 Å². The fraction of sp³-hybridized carbons (Fsp3) is 0.0400. The lowest BCUT2D eigenvalue weighted by atomic mass is 10.1. The third kappa shape index (κ3) is 4.04. The molecule has 0 aliphatic heterocycles. The number of rotatable bonds is 5. The van der Waals surface area contributed by atoms with Crippen molar-refractivity contribution in [3.05, 3.63) is 112 Å². The minimum atomic E-state index is -0.247. The summed E-state index contributed by atoms with van der Waals surface area (Å²) in [6.45, 7) is 0. The van der Waals surface area contributed by atoms with Gasteiger partial charge in [0.1, 0.15) is 11.4 Å². The van der Waals surface area contributed by atoms with E-state index in [1.54, 1.807) is 17.8 Å². The average Bonchev–Trinajstić information content (AvgIpc) is 2.80. The van der Waals surface area contributed by atoms with Gasteiger partial charge in [-0.1, -0.05) is 66.2 Å². The van der Waals surface area contributed by atoms with Crippen molar-refractivity contribution < 1.29 is 4.74 Å². The quantitative estimate of drug-likeness (QED) is 0.418. The molecule has 0 N–H and O–H groups in total. The summed E-state index contributed by atoms with van der Waals surface area (Å²) in [6, 6.07) is 26.5. The molecule has 0 aliphatic rings. The maximum atomic E-state index is 13.4. The second kappa shape index (κ2) is 8.80. The molecule has 148 valence electrons. The van der Waals surface area contributed by atoms with Crippen LogP contribution in [-0.4, -0.2) is 16.7 Å². The Morgan fingerprint density at radius 1 is 0.867 bits per heavy atom. The van der Waals surface area contributed by atoms with Crippen molar-refractivity contribution in [2.45, 2.75) is 0 Å². The van der Waals surface area contributed by atoms with E-state index < -0.39 is 0 Å². The third-order valence-electron chi connectivity index (χ3n) is 4.67. The SMILES string of the molecule is COc1ccc(-c2c(Cl)nc(C=Cc3ccccc3)c(=O)n2-c2ccccc2)cc1. The monoisotopic (exact) mass is 414 g/mol. The van der Waals surface area contributed by atoms with E-state index in [1.807, 2.05) is 91.0 Å². The van der Waals surface area contributed by atoms with Crippen LogP contribution in [0.25, 0.3) is 29.1 Å². The zero-order chi connectivity index (χ0) is 20.9.